The second kappa shape index (κ2) is 6.23. The lowest BCUT2D eigenvalue weighted by atomic mass is 10.1. The van der Waals surface area contributed by atoms with Crippen LogP contribution in [0.2, 0.25) is 5.02 Å². The minimum absolute atomic E-state index is 0.132. The summed E-state index contributed by atoms with van der Waals surface area (Å²) in [6.45, 7) is 2.00. The van der Waals surface area contributed by atoms with Crippen molar-refractivity contribution in [1.82, 2.24) is 4.98 Å². The van der Waals surface area contributed by atoms with Crippen LogP contribution >= 0.6 is 23.4 Å². The summed E-state index contributed by atoms with van der Waals surface area (Å²) in [6, 6.07) is 11.9. The van der Waals surface area contributed by atoms with Crippen LogP contribution in [0.4, 0.5) is 0 Å². The summed E-state index contributed by atoms with van der Waals surface area (Å²) in [5.74, 6) is 0. The molecule has 2 N–H and O–H groups in total. The van der Waals surface area contributed by atoms with Crippen LogP contribution in [0.15, 0.2) is 52.5 Å². The molecule has 1 unspecified atom stereocenters. The summed E-state index contributed by atoms with van der Waals surface area (Å²) in [5.41, 5.74) is 7.03. The average molecular weight is 279 g/mol. The van der Waals surface area contributed by atoms with E-state index in [1.807, 2.05) is 37.3 Å². The Balaban J connectivity index is 2.23. The molecule has 0 amide bonds. The molecular weight excluding hydrogens is 264 g/mol. The van der Waals surface area contributed by atoms with E-state index >= 15 is 0 Å². The monoisotopic (exact) mass is 278 g/mol. The number of rotatable bonds is 4. The van der Waals surface area contributed by atoms with E-state index in [9.17, 15) is 0 Å². The van der Waals surface area contributed by atoms with Crippen molar-refractivity contribution in [2.24, 2.45) is 5.73 Å². The number of hydrogen-bond acceptors (Lipinski definition) is 3. The van der Waals surface area contributed by atoms with Gasteiger partial charge in [0.2, 0.25) is 0 Å². The number of halogens is 1. The Morgan fingerprint density at radius 2 is 2.17 bits per heavy atom. The van der Waals surface area contributed by atoms with Crippen molar-refractivity contribution in [3.8, 4) is 0 Å². The summed E-state index contributed by atoms with van der Waals surface area (Å²) in [4.78, 5) is 5.51. The number of nitrogens with zero attached hydrogens (tertiary/aromatic N) is 1. The molecule has 2 rings (SSSR count). The fourth-order valence-corrected chi connectivity index (χ4v) is 2.87. The molecule has 0 saturated carbocycles. The molecule has 94 valence electrons. The van der Waals surface area contributed by atoms with Crippen molar-refractivity contribution in [2.45, 2.75) is 29.3 Å². The fourth-order valence-electron chi connectivity index (χ4n) is 1.66. The summed E-state index contributed by atoms with van der Waals surface area (Å²) in [5, 5.41) is 1.74. The highest BCUT2D eigenvalue weighted by Crippen LogP contribution is 2.30. The van der Waals surface area contributed by atoms with Crippen LogP contribution in [0.5, 0.6) is 0 Å². The van der Waals surface area contributed by atoms with Gasteiger partial charge in [-0.2, -0.15) is 0 Å². The van der Waals surface area contributed by atoms with E-state index in [0.29, 0.717) is 0 Å². The Morgan fingerprint density at radius 3 is 2.89 bits per heavy atom. The average Bonchev–Trinajstić information content (AvgIpc) is 2.31. The smallest absolute Gasteiger partial charge is 0.104 e. The van der Waals surface area contributed by atoms with E-state index in [4.69, 9.17) is 17.3 Å². The normalized spacial score (nSPS) is 12.4. The topological polar surface area (TPSA) is 38.9 Å². The van der Waals surface area contributed by atoms with Gasteiger partial charge in [0.1, 0.15) is 5.03 Å². The van der Waals surface area contributed by atoms with Crippen LogP contribution < -0.4 is 5.73 Å². The van der Waals surface area contributed by atoms with Gasteiger partial charge in [-0.3, -0.25) is 0 Å². The molecule has 2 nitrogen and oxygen atoms in total. The second-order valence-electron chi connectivity index (χ2n) is 4.21. The maximum absolute atomic E-state index is 5.98. The Kier molecular flexibility index (Phi) is 4.64. The van der Waals surface area contributed by atoms with Gasteiger partial charge in [-0.1, -0.05) is 35.5 Å². The lowest BCUT2D eigenvalue weighted by Crippen LogP contribution is -2.18. The molecule has 1 aromatic carbocycles. The molecule has 1 heterocycles. The van der Waals surface area contributed by atoms with Gasteiger partial charge in [-0.15, -0.1) is 0 Å². The van der Waals surface area contributed by atoms with Gasteiger partial charge >= 0.3 is 0 Å². The highest BCUT2D eigenvalue weighted by atomic mass is 35.5. The zero-order valence-corrected chi connectivity index (χ0v) is 11.7. The maximum atomic E-state index is 5.98. The number of pyridine rings is 1. The zero-order chi connectivity index (χ0) is 13.0. The largest absolute Gasteiger partial charge is 0.328 e. The van der Waals surface area contributed by atoms with E-state index in [0.717, 1.165) is 21.4 Å². The van der Waals surface area contributed by atoms with Gasteiger partial charge in [-0.05, 0) is 43.2 Å². The van der Waals surface area contributed by atoms with Crippen LogP contribution in [0.1, 0.15) is 12.5 Å². The third kappa shape index (κ3) is 3.73. The standard InChI is InChI=1S/C14H15ClN2S/c1-10(16)8-11-4-3-7-17-14(11)18-13-6-2-5-12(15)9-13/h2-7,9-10H,8,16H2,1H3. The van der Waals surface area contributed by atoms with Crippen molar-refractivity contribution < 1.29 is 0 Å². The lowest BCUT2D eigenvalue weighted by molar-refractivity contribution is 0.722. The van der Waals surface area contributed by atoms with Gasteiger partial charge in [0.15, 0.2) is 0 Å². The summed E-state index contributed by atoms with van der Waals surface area (Å²) in [6.07, 6.45) is 2.63. The molecule has 0 radical (unpaired) electrons. The molecule has 18 heavy (non-hydrogen) atoms. The first kappa shape index (κ1) is 13.4. The van der Waals surface area contributed by atoms with E-state index in [1.54, 1.807) is 18.0 Å². The van der Waals surface area contributed by atoms with Gasteiger partial charge < -0.3 is 5.73 Å². The summed E-state index contributed by atoms with van der Waals surface area (Å²) >= 11 is 7.60. The van der Waals surface area contributed by atoms with Gasteiger partial charge in [0.05, 0.1) is 0 Å². The molecule has 0 aliphatic heterocycles. The van der Waals surface area contributed by atoms with E-state index in [2.05, 4.69) is 11.1 Å². The van der Waals surface area contributed by atoms with Crippen molar-refractivity contribution in [2.75, 3.05) is 0 Å². The van der Waals surface area contributed by atoms with Crippen molar-refractivity contribution in [3.63, 3.8) is 0 Å². The van der Waals surface area contributed by atoms with Gasteiger partial charge in [0, 0.05) is 22.2 Å². The highest BCUT2D eigenvalue weighted by Gasteiger charge is 2.07. The first-order valence-corrected chi connectivity index (χ1v) is 6.97. The Hall–Kier alpha value is -1.03. The highest BCUT2D eigenvalue weighted by molar-refractivity contribution is 7.99. The molecule has 1 aromatic heterocycles. The minimum atomic E-state index is 0.132. The SMILES string of the molecule is CC(N)Cc1cccnc1Sc1cccc(Cl)c1. The Labute approximate surface area is 117 Å². The number of hydrogen-bond donors (Lipinski definition) is 1. The van der Waals surface area contributed by atoms with Crippen molar-refractivity contribution in [3.05, 3.63) is 53.2 Å². The lowest BCUT2D eigenvalue weighted by Gasteiger charge is -2.10. The third-order valence-corrected chi connectivity index (χ3v) is 3.69. The zero-order valence-electron chi connectivity index (χ0n) is 10.1. The first-order chi connectivity index (χ1) is 8.65. The molecule has 0 aliphatic rings. The second-order valence-corrected chi connectivity index (χ2v) is 5.71. The van der Waals surface area contributed by atoms with Crippen molar-refractivity contribution >= 4 is 23.4 Å². The summed E-state index contributed by atoms with van der Waals surface area (Å²) < 4.78 is 0. The molecule has 0 saturated heterocycles. The summed E-state index contributed by atoms with van der Waals surface area (Å²) in [7, 11) is 0. The quantitative estimate of drug-likeness (QED) is 0.925. The minimum Gasteiger partial charge on any atom is -0.328 e. The Bertz CT molecular complexity index is 529. The van der Waals surface area contributed by atoms with Crippen LogP contribution in [0.3, 0.4) is 0 Å². The molecule has 0 bridgehead atoms. The van der Waals surface area contributed by atoms with Crippen LogP contribution in [-0.2, 0) is 6.42 Å². The fraction of sp³-hybridized carbons (Fsp3) is 0.214. The van der Waals surface area contributed by atoms with Crippen LogP contribution in [-0.4, -0.2) is 11.0 Å². The molecule has 0 spiro atoms. The molecule has 2 aromatic rings. The van der Waals surface area contributed by atoms with E-state index < -0.39 is 0 Å². The third-order valence-electron chi connectivity index (χ3n) is 2.40. The number of nitrogens with two attached hydrogens (primary N) is 1. The van der Waals surface area contributed by atoms with Crippen molar-refractivity contribution in [1.29, 1.82) is 0 Å². The predicted molar refractivity (Wildman–Crippen MR) is 77.2 cm³/mol. The molecule has 0 fully saturated rings. The first-order valence-electron chi connectivity index (χ1n) is 5.78. The Morgan fingerprint density at radius 1 is 1.33 bits per heavy atom. The van der Waals surface area contributed by atoms with Crippen LogP contribution in [0, 0.1) is 0 Å². The molecule has 1 atom stereocenters. The van der Waals surface area contributed by atoms with E-state index in [1.165, 1.54) is 5.56 Å². The van der Waals surface area contributed by atoms with E-state index in [-0.39, 0.29) is 6.04 Å². The molecular formula is C14H15ClN2S. The van der Waals surface area contributed by atoms with Crippen LogP contribution in [0.25, 0.3) is 0 Å². The number of aromatic nitrogens is 1. The maximum Gasteiger partial charge on any atom is 0.104 e. The predicted octanol–water partition coefficient (Wildman–Crippen LogP) is 3.78. The molecule has 4 heteroatoms. The van der Waals surface area contributed by atoms with Gasteiger partial charge in [-0.25, -0.2) is 4.98 Å². The molecule has 0 aliphatic carbocycles. The van der Waals surface area contributed by atoms with Gasteiger partial charge in [0.25, 0.3) is 0 Å². The number of benzene rings is 1.